The fraction of sp³-hybridized carbons (Fsp3) is 0.538. The van der Waals surface area contributed by atoms with Gasteiger partial charge in [0.15, 0.2) is 0 Å². The number of hydrogen-bond donors (Lipinski definition) is 1. The molecule has 1 aromatic rings. The van der Waals surface area contributed by atoms with E-state index in [-0.39, 0.29) is 5.41 Å². The number of benzene rings is 1. The Kier molecular flexibility index (Phi) is 3.33. The van der Waals surface area contributed by atoms with Gasteiger partial charge in [-0.3, -0.25) is 0 Å². The minimum Gasteiger partial charge on any atom is -0.313 e. The summed E-state index contributed by atoms with van der Waals surface area (Å²) in [7, 11) is 2.02. The van der Waals surface area contributed by atoms with E-state index in [4.69, 9.17) is 0 Å². The fourth-order valence-corrected chi connectivity index (χ4v) is 1.86. The summed E-state index contributed by atoms with van der Waals surface area (Å²) < 4.78 is 0. The standard InChI is InChI=1S/C13H21N/c1-10-6-8-11(9-7-10)12(14-5)13(2,3)4/h6-9,12,14H,1-5H3. The van der Waals surface area contributed by atoms with E-state index in [1.165, 1.54) is 11.1 Å². The van der Waals surface area contributed by atoms with Crippen molar-refractivity contribution >= 4 is 0 Å². The predicted octanol–water partition coefficient (Wildman–Crippen LogP) is 3.30. The summed E-state index contributed by atoms with van der Waals surface area (Å²) in [5.74, 6) is 0. The lowest BCUT2D eigenvalue weighted by molar-refractivity contribution is 0.287. The van der Waals surface area contributed by atoms with Gasteiger partial charge in [-0.05, 0) is 24.9 Å². The molecule has 0 aliphatic heterocycles. The van der Waals surface area contributed by atoms with E-state index < -0.39 is 0 Å². The van der Waals surface area contributed by atoms with Gasteiger partial charge >= 0.3 is 0 Å². The minimum absolute atomic E-state index is 0.254. The minimum atomic E-state index is 0.254. The van der Waals surface area contributed by atoms with Gasteiger partial charge in [0.25, 0.3) is 0 Å². The van der Waals surface area contributed by atoms with E-state index in [1.807, 2.05) is 7.05 Å². The van der Waals surface area contributed by atoms with Gasteiger partial charge in [0, 0.05) is 6.04 Å². The summed E-state index contributed by atoms with van der Waals surface area (Å²) in [6.07, 6.45) is 0. The molecule has 1 nitrogen and oxygen atoms in total. The Morgan fingerprint density at radius 1 is 1.07 bits per heavy atom. The lowest BCUT2D eigenvalue weighted by atomic mass is 9.82. The largest absolute Gasteiger partial charge is 0.313 e. The van der Waals surface area contributed by atoms with Crippen molar-refractivity contribution in [1.82, 2.24) is 5.32 Å². The van der Waals surface area contributed by atoms with Crippen molar-refractivity contribution in [2.45, 2.75) is 33.7 Å². The van der Waals surface area contributed by atoms with Gasteiger partial charge in [0.2, 0.25) is 0 Å². The Morgan fingerprint density at radius 3 is 1.93 bits per heavy atom. The molecule has 0 aliphatic rings. The molecule has 14 heavy (non-hydrogen) atoms. The van der Waals surface area contributed by atoms with Gasteiger partial charge in [-0.2, -0.15) is 0 Å². The van der Waals surface area contributed by atoms with Gasteiger partial charge in [0.1, 0.15) is 0 Å². The molecule has 1 unspecified atom stereocenters. The van der Waals surface area contributed by atoms with Gasteiger partial charge in [0.05, 0.1) is 0 Å². The summed E-state index contributed by atoms with van der Waals surface area (Å²) in [5.41, 5.74) is 2.94. The summed E-state index contributed by atoms with van der Waals surface area (Å²) in [6, 6.07) is 9.18. The zero-order chi connectivity index (χ0) is 10.8. The monoisotopic (exact) mass is 191 g/mol. The highest BCUT2D eigenvalue weighted by Gasteiger charge is 2.24. The molecular weight excluding hydrogens is 170 g/mol. The molecule has 0 amide bonds. The Labute approximate surface area is 87.5 Å². The number of nitrogens with one attached hydrogen (secondary N) is 1. The first-order valence-electron chi connectivity index (χ1n) is 5.19. The van der Waals surface area contributed by atoms with Crippen molar-refractivity contribution in [3.63, 3.8) is 0 Å². The van der Waals surface area contributed by atoms with Crippen LogP contribution in [0.5, 0.6) is 0 Å². The highest BCUT2D eigenvalue weighted by atomic mass is 14.9. The second-order valence-electron chi connectivity index (χ2n) is 5.00. The van der Waals surface area contributed by atoms with E-state index in [9.17, 15) is 0 Å². The van der Waals surface area contributed by atoms with Crippen LogP contribution in [0.3, 0.4) is 0 Å². The van der Waals surface area contributed by atoms with E-state index in [2.05, 4.69) is 57.3 Å². The Balaban J connectivity index is 2.96. The highest BCUT2D eigenvalue weighted by Crippen LogP contribution is 2.32. The molecule has 0 heterocycles. The molecule has 1 rings (SSSR count). The fourth-order valence-electron chi connectivity index (χ4n) is 1.86. The molecule has 0 radical (unpaired) electrons. The smallest absolute Gasteiger partial charge is 0.0366 e. The summed E-state index contributed by atoms with van der Waals surface area (Å²) in [4.78, 5) is 0. The van der Waals surface area contributed by atoms with Crippen LogP contribution < -0.4 is 5.32 Å². The van der Waals surface area contributed by atoms with Crippen LogP contribution in [-0.2, 0) is 0 Å². The third-order valence-corrected chi connectivity index (χ3v) is 2.57. The molecular formula is C13H21N. The maximum absolute atomic E-state index is 3.38. The SMILES string of the molecule is CNC(c1ccc(C)cc1)C(C)(C)C. The molecule has 0 saturated carbocycles. The number of rotatable bonds is 2. The third-order valence-electron chi connectivity index (χ3n) is 2.57. The molecule has 0 spiro atoms. The van der Waals surface area contributed by atoms with Crippen LogP contribution in [0.25, 0.3) is 0 Å². The maximum Gasteiger partial charge on any atom is 0.0366 e. The van der Waals surface area contributed by atoms with Crippen molar-refractivity contribution in [3.8, 4) is 0 Å². The van der Waals surface area contributed by atoms with Crippen LogP contribution in [0.2, 0.25) is 0 Å². The molecule has 0 fully saturated rings. The highest BCUT2D eigenvalue weighted by molar-refractivity contribution is 5.25. The van der Waals surface area contributed by atoms with Crippen molar-refractivity contribution in [3.05, 3.63) is 35.4 Å². The molecule has 1 N–H and O–H groups in total. The number of hydrogen-bond acceptors (Lipinski definition) is 1. The van der Waals surface area contributed by atoms with Gasteiger partial charge in [-0.25, -0.2) is 0 Å². The summed E-state index contributed by atoms with van der Waals surface area (Å²) in [6.45, 7) is 8.89. The molecule has 1 atom stereocenters. The number of aryl methyl sites for hydroxylation is 1. The lowest BCUT2D eigenvalue weighted by Crippen LogP contribution is -2.29. The van der Waals surface area contributed by atoms with Crippen molar-refractivity contribution < 1.29 is 0 Å². The summed E-state index contributed by atoms with van der Waals surface area (Å²) in [5, 5.41) is 3.38. The van der Waals surface area contributed by atoms with E-state index in [0.717, 1.165) is 0 Å². The molecule has 78 valence electrons. The molecule has 0 aliphatic carbocycles. The Bertz CT molecular complexity index is 279. The van der Waals surface area contributed by atoms with Gasteiger partial charge < -0.3 is 5.32 Å². The first kappa shape index (κ1) is 11.3. The Hall–Kier alpha value is -0.820. The van der Waals surface area contributed by atoms with E-state index >= 15 is 0 Å². The molecule has 0 bridgehead atoms. The second kappa shape index (κ2) is 4.14. The van der Waals surface area contributed by atoms with Crippen molar-refractivity contribution in [2.75, 3.05) is 7.05 Å². The van der Waals surface area contributed by atoms with Crippen molar-refractivity contribution in [2.24, 2.45) is 5.41 Å². The third kappa shape index (κ3) is 2.58. The Morgan fingerprint density at radius 2 is 1.57 bits per heavy atom. The molecule has 1 heteroatoms. The molecule has 0 aromatic heterocycles. The van der Waals surface area contributed by atoms with Crippen LogP contribution in [0.1, 0.15) is 37.9 Å². The predicted molar refractivity (Wildman–Crippen MR) is 62.4 cm³/mol. The average molecular weight is 191 g/mol. The quantitative estimate of drug-likeness (QED) is 0.756. The molecule has 0 saturated heterocycles. The molecule has 1 aromatic carbocycles. The normalized spacial score (nSPS) is 14.1. The van der Waals surface area contributed by atoms with Crippen LogP contribution in [0.15, 0.2) is 24.3 Å². The topological polar surface area (TPSA) is 12.0 Å². The van der Waals surface area contributed by atoms with Crippen LogP contribution in [-0.4, -0.2) is 7.05 Å². The van der Waals surface area contributed by atoms with E-state index in [1.54, 1.807) is 0 Å². The zero-order valence-electron chi connectivity index (χ0n) is 9.89. The van der Waals surface area contributed by atoms with Crippen molar-refractivity contribution in [1.29, 1.82) is 0 Å². The second-order valence-corrected chi connectivity index (χ2v) is 5.00. The average Bonchev–Trinajstić information content (AvgIpc) is 2.07. The van der Waals surface area contributed by atoms with Gasteiger partial charge in [-0.15, -0.1) is 0 Å². The first-order chi connectivity index (χ1) is 6.45. The van der Waals surface area contributed by atoms with E-state index in [0.29, 0.717) is 6.04 Å². The first-order valence-corrected chi connectivity index (χ1v) is 5.19. The van der Waals surface area contributed by atoms with Crippen LogP contribution >= 0.6 is 0 Å². The van der Waals surface area contributed by atoms with Crippen LogP contribution in [0.4, 0.5) is 0 Å². The summed E-state index contributed by atoms with van der Waals surface area (Å²) >= 11 is 0. The zero-order valence-corrected chi connectivity index (χ0v) is 9.89. The lowest BCUT2D eigenvalue weighted by Gasteiger charge is -2.30. The maximum atomic E-state index is 3.38. The van der Waals surface area contributed by atoms with Crippen LogP contribution in [0, 0.1) is 12.3 Å². The van der Waals surface area contributed by atoms with Gasteiger partial charge in [-0.1, -0.05) is 50.6 Å².